The van der Waals surface area contributed by atoms with Gasteiger partial charge in [0.1, 0.15) is 22.6 Å². The second kappa shape index (κ2) is 14.6. The van der Waals surface area contributed by atoms with E-state index in [1.807, 2.05) is 116 Å². The van der Waals surface area contributed by atoms with Crippen molar-refractivity contribution in [3.8, 4) is 5.75 Å². The summed E-state index contributed by atoms with van der Waals surface area (Å²) >= 11 is 2.99. The lowest BCUT2D eigenvalue weighted by Gasteiger charge is -1.97. The quantitative estimate of drug-likeness (QED) is 0.0459. The summed E-state index contributed by atoms with van der Waals surface area (Å²) in [6.07, 6.45) is 3.62. The molecule has 2 heterocycles. The van der Waals surface area contributed by atoms with Gasteiger partial charge in [0.05, 0.1) is 63.2 Å². The third-order valence-corrected chi connectivity index (χ3v) is 10.1. The molecule has 0 unspecified atom stereocenters. The van der Waals surface area contributed by atoms with E-state index in [0.29, 0.717) is 10.8 Å². The molecule has 51 heavy (non-hydrogen) atoms. The third-order valence-electron chi connectivity index (χ3n) is 7.88. The second-order valence-electron chi connectivity index (χ2n) is 11.2. The number of azo groups is 2. The van der Waals surface area contributed by atoms with Gasteiger partial charge >= 0.3 is 10.3 Å². The van der Waals surface area contributed by atoms with Crippen molar-refractivity contribution in [1.82, 2.24) is 0 Å². The standard InChI is InChI=1S/C37H29N9O3S2/c1-44-32-20-30(46(47)48)16-18-34(32)50-36(44)42-40-28-12-8-26(9-13-28)38-22-24-4-6-25(7-5-24)23-39-27-10-14-29(15-11-27)41-43-37-45(2)33-21-31(49-3)17-19-35(33)51-37/h4-23H,1-3H3/q+2. The van der Waals surface area contributed by atoms with Gasteiger partial charge in [-0.1, -0.05) is 24.3 Å². The summed E-state index contributed by atoms with van der Waals surface area (Å²) in [5.74, 6) is 0.806. The summed E-state index contributed by atoms with van der Waals surface area (Å²) in [7, 11) is 5.44. The van der Waals surface area contributed by atoms with Gasteiger partial charge in [0, 0.05) is 24.6 Å². The van der Waals surface area contributed by atoms with Crippen molar-refractivity contribution >= 4 is 94.2 Å². The largest absolute Gasteiger partial charge is 0.497 e. The molecule has 0 saturated carbocycles. The van der Waals surface area contributed by atoms with Gasteiger partial charge in [-0.25, -0.2) is 9.13 Å². The fourth-order valence-electron chi connectivity index (χ4n) is 5.03. The highest BCUT2D eigenvalue weighted by Crippen LogP contribution is 2.31. The molecular weight excluding hydrogens is 683 g/mol. The summed E-state index contributed by atoms with van der Waals surface area (Å²) in [4.78, 5) is 19.9. The fraction of sp³-hybridized carbons (Fsp3) is 0.0811. The van der Waals surface area contributed by atoms with Crippen LogP contribution in [0.5, 0.6) is 5.75 Å². The molecule has 12 nitrogen and oxygen atoms in total. The van der Waals surface area contributed by atoms with E-state index in [4.69, 9.17) is 4.74 Å². The molecule has 7 aromatic rings. The Balaban J connectivity index is 0.935. The smallest absolute Gasteiger partial charge is 0.409 e. The van der Waals surface area contributed by atoms with Crippen LogP contribution in [0, 0.1) is 10.1 Å². The Labute approximate surface area is 299 Å². The summed E-state index contributed by atoms with van der Waals surface area (Å²) in [6.45, 7) is 0. The predicted octanol–water partition coefficient (Wildman–Crippen LogP) is 10.0. The number of methoxy groups -OCH3 is 1. The van der Waals surface area contributed by atoms with Crippen LogP contribution < -0.4 is 13.9 Å². The molecule has 250 valence electrons. The first-order valence-electron chi connectivity index (χ1n) is 15.6. The van der Waals surface area contributed by atoms with Gasteiger partial charge in [-0.3, -0.25) is 20.1 Å². The van der Waals surface area contributed by atoms with Crippen LogP contribution in [-0.2, 0) is 14.1 Å². The first-order valence-corrected chi connectivity index (χ1v) is 17.2. The molecule has 5 aromatic carbocycles. The maximum atomic E-state index is 11.1. The Hall–Kier alpha value is -6.38. The maximum absolute atomic E-state index is 11.1. The molecule has 0 radical (unpaired) electrons. The summed E-state index contributed by atoms with van der Waals surface area (Å²) in [5, 5.41) is 30.1. The van der Waals surface area contributed by atoms with Gasteiger partial charge in [0.2, 0.25) is 0 Å². The van der Waals surface area contributed by atoms with Gasteiger partial charge in [-0.05, 0) is 111 Å². The van der Waals surface area contributed by atoms with Crippen molar-refractivity contribution in [2.75, 3.05) is 7.11 Å². The molecule has 2 aromatic heterocycles. The Bertz CT molecular complexity index is 2500. The van der Waals surface area contributed by atoms with Crippen LogP contribution in [-0.4, -0.2) is 24.5 Å². The lowest BCUT2D eigenvalue weighted by atomic mass is 10.1. The van der Waals surface area contributed by atoms with E-state index in [-0.39, 0.29) is 5.69 Å². The average molecular weight is 712 g/mol. The van der Waals surface area contributed by atoms with E-state index < -0.39 is 4.92 Å². The van der Waals surface area contributed by atoms with Crippen LogP contribution in [0.4, 0.5) is 38.7 Å². The minimum atomic E-state index is -0.406. The monoisotopic (exact) mass is 711 g/mol. The van der Waals surface area contributed by atoms with Gasteiger partial charge in [-0.2, -0.15) is 0 Å². The molecule has 7 rings (SSSR count). The molecule has 0 saturated heterocycles. The maximum Gasteiger partial charge on any atom is 0.409 e. The van der Waals surface area contributed by atoms with Crippen molar-refractivity contribution in [2.45, 2.75) is 0 Å². The zero-order valence-electron chi connectivity index (χ0n) is 27.6. The number of aryl methyl sites for hydroxylation is 2. The van der Waals surface area contributed by atoms with Gasteiger partial charge in [-0.15, -0.1) is 0 Å². The number of rotatable bonds is 10. The van der Waals surface area contributed by atoms with Crippen LogP contribution in [0.25, 0.3) is 20.4 Å². The van der Waals surface area contributed by atoms with Crippen molar-refractivity contribution < 1.29 is 18.8 Å². The predicted molar refractivity (Wildman–Crippen MR) is 201 cm³/mol. The number of nitro benzene ring substituents is 1. The van der Waals surface area contributed by atoms with Crippen LogP contribution in [0.3, 0.4) is 0 Å². The van der Waals surface area contributed by atoms with Crippen molar-refractivity contribution in [2.24, 2.45) is 44.5 Å². The SMILES string of the molecule is COc1ccc2sc(N=Nc3ccc(N=Cc4ccc(C=Nc5ccc(N=Nc6sc7ccc([N+](=O)[O-])cc7[n+]6C)cc5)cc4)cc3)[n+](C)c2c1. The van der Waals surface area contributed by atoms with E-state index >= 15 is 0 Å². The molecule has 0 amide bonds. The van der Waals surface area contributed by atoms with E-state index in [2.05, 4.69) is 30.4 Å². The van der Waals surface area contributed by atoms with Gasteiger partial charge in [0.15, 0.2) is 5.52 Å². The van der Waals surface area contributed by atoms with E-state index in [1.165, 1.54) is 17.4 Å². The highest BCUT2D eigenvalue weighted by Gasteiger charge is 2.19. The topological polar surface area (TPSA) is 134 Å². The Morgan fingerprint density at radius 1 is 0.608 bits per heavy atom. The number of benzene rings is 5. The average Bonchev–Trinajstić information content (AvgIpc) is 3.66. The number of thiazole rings is 2. The summed E-state index contributed by atoms with van der Waals surface area (Å²) < 4.78 is 11.2. The number of nitrogens with zero attached hydrogens (tertiary/aromatic N) is 9. The second-order valence-corrected chi connectivity index (χ2v) is 13.3. The molecular formula is C37H29N9O3S2+2. The number of ether oxygens (including phenoxy) is 1. The van der Waals surface area contributed by atoms with E-state index in [0.717, 1.165) is 59.5 Å². The molecule has 0 N–H and O–H groups in total. The minimum Gasteiger partial charge on any atom is -0.497 e. The highest BCUT2D eigenvalue weighted by molar-refractivity contribution is 7.21. The number of fused-ring (bicyclic) bond motifs is 2. The number of non-ortho nitro benzene ring substituents is 1. The first-order chi connectivity index (χ1) is 24.8. The van der Waals surface area contributed by atoms with Crippen LogP contribution in [0.1, 0.15) is 11.1 Å². The summed E-state index contributed by atoms with van der Waals surface area (Å²) in [5.41, 5.74) is 6.74. The van der Waals surface area contributed by atoms with Crippen molar-refractivity contribution in [3.05, 3.63) is 130 Å². The first kappa shape index (κ1) is 33.1. The molecule has 0 aliphatic rings. The number of hydrogen-bond donors (Lipinski definition) is 0. The molecule has 0 aliphatic carbocycles. The fourth-order valence-corrected chi connectivity index (χ4v) is 6.93. The van der Waals surface area contributed by atoms with Crippen LogP contribution in [0.15, 0.2) is 140 Å². The minimum absolute atomic E-state index is 0.0411. The molecule has 0 spiro atoms. The van der Waals surface area contributed by atoms with Crippen molar-refractivity contribution in [3.63, 3.8) is 0 Å². The number of aliphatic imine (C=N–C) groups is 2. The van der Waals surface area contributed by atoms with Gasteiger partial charge < -0.3 is 4.74 Å². The summed E-state index contributed by atoms with van der Waals surface area (Å²) in [6, 6.07) is 33.7. The van der Waals surface area contributed by atoms with Gasteiger partial charge in [0.25, 0.3) is 5.69 Å². The molecule has 0 bridgehead atoms. The Morgan fingerprint density at radius 2 is 1.06 bits per heavy atom. The molecule has 0 atom stereocenters. The van der Waals surface area contributed by atoms with E-state index in [9.17, 15) is 10.1 Å². The number of aromatic nitrogens is 2. The van der Waals surface area contributed by atoms with Crippen molar-refractivity contribution in [1.29, 1.82) is 0 Å². The zero-order valence-corrected chi connectivity index (χ0v) is 29.2. The Kier molecular flexibility index (Phi) is 9.50. The normalized spacial score (nSPS) is 12.1. The lowest BCUT2D eigenvalue weighted by Crippen LogP contribution is -2.25. The number of hydrogen-bond acceptors (Lipinski definition) is 11. The lowest BCUT2D eigenvalue weighted by molar-refractivity contribution is -0.628. The highest BCUT2D eigenvalue weighted by atomic mass is 32.1. The van der Waals surface area contributed by atoms with Crippen LogP contribution >= 0.6 is 22.7 Å². The van der Waals surface area contributed by atoms with Crippen LogP contribution in [0.2, 0.25) is 0 Å². The van der Waals surface area contributed by atoms with E-state index in [1.54, 1.807) is 41.4 Å². The molecule has 14 heteroatoms. The number of nitro groups is 1. The Morgan fingerprint density at radius 3 is 1.53 bits per heavy atom. The third kappa shape index (κ3) is 7.61. The molecule has 0 aliphatic heterocycles. The zero-order chi connectivity index (χ0) is 35.3. The molecule has 0 fully saturated rings.